The van der Waals surface area contributed by atoms with E-state index in [9.17, 15) is 4.79 Å². The molecule has 0 aromatic carbocycles. The lowest BCUT2D eigenvalue weighted by Gasteiger charge is -2.40. The first-order valence-corrected chi connectivity index (χ1v) is 13.3. The molecule has 0 aliphatic heterocycles. The molecule has 0 saturated heterocycles. The summed E-state index contributed by atoms with van der Waals surface area (Å²) in [5.41, 5.74) is 1.27. The van der Waals surface area contributed by atoms with E-state index in [2.05, 4.69) is 20.4 Å². The minimum Gasteiger partial charge on any atom is -0.516 e. The van der Waals surface area contributed by atoms with Gasteiger partial charge in [0.25, 0.3) is 8.32 Å². The highest BCUT2D eigenvalue weighted by Gasteiger charge is 2.45. The van der Waals surface area contributed by atoms with Crippen molar-refractivity contribution in [3.05, 3.63) is 12.2 Å². The summed E-state index contributed by atoms with van der Waals surface area (Å²) in [5, 5.41) is 0. The number of carbonyl (C=O) groups is 1. The van der Waals surface area contributed by atoms with Crippen LogP contribution in [0.3, 0.4) is 0 Å². The van der Waals surface area contributed by atoms with Crippen LogP contribution in [0, 0.1) is 0 Å². The van der Waals surface area contributed by atoms with Crippen molar-refractivity contribution in [2.75, 3.05) is 0 Å². The third kappa shape index (κ3) is 8.11. The third-order valence-electron chi connectivity index (χ3n) is 5.90. The van der Waals surface area contributed by atoms with Crippen LogP contribution in [0.5, 0.6) is 0 Å². The lowest BCUT2D eigenvalue weighted by Crippen LogP contribution is -2.46. The van der Waals surface area contributed by atoms with E-state index in [0.29, 0.717) is 11.1 Å². The average Bonchev–Trinajstić information content (AvgIpc) is 2.62. The van der Waals surface area contributed by atoms with Crippen molar-refractivity contribution < 1.29 is 9.22 Å². The first kappa shape index (κ1) is 22.5. The van der Waals surface area contributed by atoms with Gasteiger partial charge in [-0.3, -0.25) is 0 Å². The molecule has 1 fully saturated rings. The predicted octanol–water partition coefficient (Wildman–Crippen LogP) is 7.55. The van der Waals surface area contributed by atoms with Crippen LogP contribution >= 0.6 is 0 Å². The van der Waals surface area contributed by atoms with Crippen LogP contribution in [0.15, 0.2) is 12.2 Å². The van der Waals surface area contributed by atoms with E-state index in [-0.39, 0.29) is 5.97 Å². The van der Waals surface area contributed by atoms with Gasteiger partial charge >= 0.3 is 5.97 Å². The van der Waals surface area contributed by atoms with Gasteiger partial charge in [0.15, 0.2) is 0 Å². The summed E-state index contributed by atoms with van der Waals surface area (Å²) in [6.07, 6.45) is 16.8. The van der Waals surface area contributed by atoms with Gasteiger partial charge in [0.2, 0.25) is 0 Å². The molecule has 0 atom stereocenters. The molecule has 0 N–H and O–H groups in total. The Morgan fingerprint density at radius 2 is 1.44 bits per heavy atom. The van der Waals surface area contributed by atoms with Crippen LogP contribution in [0.2, 0.25) is 17.6 Å². The number of unbranched alkanes of at least 4 members (excludes halogenated alkanes) is 6. The molecule has 146 valence electrons. The van der Waals surface area contributed by atoms with Gasteiger partial charge in [0, 0.05) is 5.57 Å². The van der Waals surface area contributed by atoms with Gasteiger partial charge in [-0.2, -0.15) is 0 Å². The average molecular weight is 367 g/mol. The molecule has 3 heteroatoms. The smallest absolute Gasteiger partial charge is 0.319 e. The summed E-state index contributed by atoms with van der Waals surface area (Å²) < 4.78 is 6.40. The Labute approximate surface area is 157 Å². The van der Waals surface area contributed by atoms with Gasteiger partial charge in [0.1, 0.15) is 0 Å². The zero-order chi connectivity index (χ0) is 18.5. The Bertz CT molecular complexity index is 373. The Morgan fingerprint density at radius 3 is 1.88 bits per heavy atom. The molecule has 0 unspecified atom stereocenters. The van der Waals surface area contributed by atoms with Crippen molar-refractivity contribution in [2.45, 2.75) is 122 Å². The fraction of sp³-hybridized carbons (Fsp3) is 0.864. The molecule has 1 saturated carbocycles. The number of rotatable bonds is 13. The lowest BCUT2D eigenvalue weighted by molar-refractivity contribution is -0.131. The van der Waals surface area contributed by atoms with Gasteiger partial charge in [-0.1, -0.05) is 91.1 Å². The molecular formula is C22H42O2Si. The second-order valence-corrected chi connectivity index (χ2v) is 12.3. The van der Waals surface area contributed by atoms with E-state index in [1.165, 1.54) is 95.6 Å². The summed E-state index contributed by atoms with van der Waals surface area (Å²) in [6, 6.07) is 2.37. The Morgan fingerprint density at radius 1 is 0.920 bits per heavy atom. The van der Waals surface area contributed by atoms with E-state index in [4.69, 9.17) is 4.43 Å². The van der Waals surface area contributed by atoms with E-state index in [0.717, 1.165) is 0 Å². The highest BCUT2D eigenvalue weighted by atomic mass is 28.4. The minimum atomic E-state index is -2.03. The molecule has 0 aromatic rings. The minimum absolute atomic E-state index is 0.108. The molecule has 1 aliphatic carbocycles. The molecule has 1 rings (SSSR count). The molecule has 0 amide bonds. The van der Waals surface area contributed by atoms with Crippen molar-refractivity contribution in [3.63, 3.8) is 0 Å². The number of hydrogen-bond donors (Lipinski definition) is 0. The third-order valence-corrected chi connectivity index (χ3v) is 11.0. The maximum atomic E-state index is 12.5. The number of hydrogen-bond acceptors (Lipinski definition) is 2. The van der Waals surface area contributed by atoms with Gasteiger partial charge in [0.05, 0.1) is 0 Å². The number of carbonyl (C=O) groups excluding carboxylic acids is 1. The Kier molecular flexibility index (Phi) is 11.4. The first-order valence-electron chi connectivity index (χ1n) is 10.9. The predicted molar refractivity (Wildman–Crippen MR) is 111 cm³/mol. The van der Waals surface area contributed by atoms with Gasteiger partial charge < -0.3 is 4.43 Å². The van der Waals surface area contributed by atoms with Crippen LogP contribution in [0.1, 0.15) is 104 Å². The van der Waals surface area contributed by atoms with Crippen molar-refractivity contribution in [1.82, 2.24) is 0 Å². The maximum Gasteiger partial charge on any atom is 0.319 e. The fourth-order valence-corrected chi connectivity index (χ4v) is 9.46. The Balaban J connectivity index is 2.87. The van der Waals surface area contributed by atoms with Crippen LogP contribution in [-0.2, 0) is 9.22 Å². The zero-order valence-electron chi connectivity index (χ0n) is 17.2. The summed E-state index contributed by atoms with van der Waals surface area (Å²) >= 11 is 0. The van der Waals surface area contributed by atoms with Crippen LogP contribution in [0.4, 0.5) is 0 Å². The molecule has 0 bridgehead atoms. The summed E-state index contributed by atoms with van der Waals surface area (Å²) in [4.78, 5) is 12.5. The first-order chi connectivity index (χ1) is 12.1. The van der Waals surface area contributed by atoms with Crippen LogP contribution < -0.4 is 0 Å². The molecule has 0 radical (unpaired) electrons. The van der Waals surface area contributed by atoms with Crippen molar-refractivity contribution in [1.29, 1.82) is 0 Å². The standard InChI is InChI=1S/C22H42O2Si/c1-5-7-9-14-18-25(19-15-10-8-6-2,24-22(23)20(3)4)21-16-12-11-13-17-21/h21H,3,5-19H2,1-2,4H3. The Hall–Kier alpha value is -0.573. The highest BCUT2D eigenvalue weighted by molar-refractivity contribution is 6.76. The fourth-order valence-electron chi connectivity index (χ4n) is 4.32. The quantitative estimate of drug-likeness (QED) is 0.191. The van der Waals surface area contributed by atoms with E-state index in [1.54, 1.807) is 6.92 Å². The summed E-state index contributed by atoms with van der Waals surface area (Å²) in [5.74, 6) is -0.108. The topological polar surface area (TPSA) is 26.3 Å². The SMILES string of the molecule is C=C(C)C(=O)O[Si](CCCCCC)(CCCCCC)C1CCCCC1. The summed E-state index contributed by atoms with van der Waals surface area (Å²) in [6.45, 7) is 10.2. The maximum absolute atomic E-state index is 12.5. The largest absolute Gasteiger partial charge is 0.516 e. The van der Waals surface area contributed by atoms with E-state index < -0.39 is 8.32 Å². The zero-order valence-corrected chi connectivity index (χ0v) is 18.2. The van der Waals surface area contributed by atoms with Crippen molar-refractivity contribution >= 4 is 14.3 Å². The van der Waals surface area contributed by atoms with Crippen LogP contribution in [0.25, 0.3) is 0 Å². The summed E-state index contributed by atoms with van der Waals surface area (Å²) in [7, 11) is -2.03. The second kappa shape index (κ2) is 12.7. The lowest BCUT2D eigenvalue weighted by atomic mass is 10.0. The molecule has 25 heavy (non-hydrogen) atoms. The molecule has 0 heterocycles. The van der Waals surface area contributed by atoms with Gasteiger partial charge in [-0.05, 0) is 37.4 Å². The molecule has 1 aliphatic rings. The monoisotopic (exact) mass is 366 g/mol. The van der Waals surface area contributed by atoms with Gasteiger partial charge in [-0.25, -0.2) is 4.79 Å². The van der Waals surface area contributed by atoms with Crippen molar-refractivity contribution in [2.24, 2.45) is 0 Å². The van der Waals surface area contributed by atoms with Crippen LogP contribution in [-0.4, -0.2) is 14.3 Å². The second-order valence-electron chi connectivity index (χ2n) is 8.19. The molecule has 0 spiro atoms. The molecule has 2 nitrogen and oxygen atoms in total. The molecular weight excluding hydrogens is 324 g/mol. The molecule has 0 aromatic heterocycles. The van der Waals surface area contributed by atoms with Gasteiger partial charge in [-0.15, -0.1) is 0 Å². The van der Waals surface area contributed by atoms with E-state index in [1.807, 2.05) is 0 Å². The highest BCUT2D eigenvalue weighted by Crippen LogP contribution is 2.44. The van der Waals surface area contributed by atoms with E-state index >= 15 is 0 Å². The normalized spacial score (nSPS) is 16.0. The van der Waals surface area contributed by atoms with Crippen molar-refractivity contribution in [3.8, 4) is 0 Å².